The molecule has 0 spiro atoms. The summed E-state index contributed by atoms with van der Waals surface area (Å²) in [6, 6.07) is 5.22. The maximum atomic E-state index is 13.5. The molecule has 1 saturated carbocycles. The van der Waals surface area contributed by atoms with Crippen molar-refractivity contribution in [3.63, 3.8) is 0 Å². The fourth-order valence-corrected chi connectivity index (χ4v) is 3.36. The number of aryl methyl sites for hydroxylation is 1. The lowest BCUT2D eigenvalue weighted by Gasteiger charge is -2.34. The third-order valence-corrected chi connectivity index (χ3v) is 4.35. The lowest BCUT2D eigenvalue weighted by Crippen LogP contribution is -2.37. The molecular weight excluding hydrogens is 227 g/mol. The van der Waals surface area contributed by atoms with Crippen molar-refractivity contribution in [3.05, 3.63) is 35.1 Å². The molecule has 1 aliphatic rings. The van der Waals surface area contributed by atoms with Gasteiger partial charge in [-0.25, -0.2) is 4.39 Å². The van der Waals surface area contributed by atoms with Crippen molar-refractivity contribution >= 4 is 0 Å². The Morgan fingerprint density at radius 1 is 1.39 bits per heavy atom. The van der Waals surface area contributed by atoms with Gasteiger partial charge in [0.25, 0.3) is 0 Å². The van der Waals surface area contributed by atoms with Crippen molar-refractivity contribution in [2.45, 2.75) is 46.1 Å². The van der Waals surface area contributed by atoms with Crippen LogP contribution >= 0.6 is 0 Å². The number of benzene rings is 1. The summed E-state index contributed by atoms with van der Waals surface area (Å²) in [6.45, 7) is 6.47. The van der Waals surface area contributed by atoms with Crippen LogP contribution in [0.2, 0.25) is 0 Å². The zero-order valence-corrected chi connectivity index (χ0v) is 11.5. The van der Waals surface area contributed by atoms with Crippen molar-refractivity contribution in [3.8, 4) is 0 Å². The van der Waals surface area contributed by atoms with E-state index in [0.717, 1.165) is 17.5 Å². The van der Waals surface area contributed by atoms with Gasteiger partial charge in [-0.1, -0.05) is 26.3 Å². The van der Waals surface area contributed by atoms with Crippen LogP contribution in [0.1, 0.15) is 50.3 Å². The average molecular weight is 250 g/mol. The summed E-state index contributed by atoms with van der Waals surface area (Å²) < 4.78 is 13.5. The number of hydrogen-bond donors (Lipinski definition) is 2. The van der Waals surface area contributed by atoms with Gasteiger partial charge in [0, 0.05) is 6.04 Å². The lowest BCUT2D eigenvalue weighted by molar-refractivity contribution is 0.198. The number of halogens is 1. The zero-order chi connectivity index (χ0) is 13.3. The molecule has 1 aromatic carbocycles. The molecule has 0 radical (unpaired) electrons. The highest BCUT2D eigenvalue weighted by Crippen LogP contribution is 2.48. The maximum Gasteiger partial charge on any atom is 0.123 e. The molecule has 0 heterocycles. The van der Waals surface area contributed by atoms with E-state index in [9.17, 15) is 4.39 Å². The smallest absolute Gasteiger partial charge is 0.123 e. The molecule has 0 bridgehead atoms. The van der Waals surface area contributed by atoms with Crippen molar-refractivity contribution in [1.29, 1.82) is 0 Å². The summed E-state index contributed by atoms with van der Waals surface area (Å²) in [5.74, 6) is 6.02. The molecule has 1 fully saturated rings. The second-order valence-electron chi connectivity index (χ2n) is 6.19. The van der Waals surface area contributed by atoms with Gasteiger partial charge in [0.05, 0.1) is 0 Å². The van der Waals surface area contributed by atoms with E-state index >= 15 is 0 Å². The first-order valence-corrected chi connectivity index (χ1v) is 6.67. The normalized spacial score (nSPS) is 24.2. The molecule has 3 heteroatoms. The standard InChI is InChI=1S/C15H23FN2/c1-10-7-11(9-12(16)8-10)14(18-17)13-5-4-6-15(13,2)3/h7-9,13-14,18H,4-6,17H2,1-3H3. The van der Waals surface area contributed by atoms with Gasteiger partial charge in [-0.3, -0.25) is 11.3 Å². The SMILES string of the molecule is Cc1cc(F)cc(C(NN)C2CCCC2(C)C)c1. The molecular formula is C15H23FN2. The number of hydrazine groups is 1. The van der Waals surface area contributed by atoms with Crippen LogP contribution in [-0.2, 0) is 0 Å². The van der Waals surface area contributed by atoms with Crippen LogP contribution in [0, 0.1) is 24.1 Å². The Labute approximate surface area is 109 Å². The molecule has 18 heavy (non-hydrogen) atoms. The van der Waals surface area contributed by atoms with E-state index in [2.05, 4.69) is 19.3 Å². The minimum absolute atomic E-state index is 0.0388. The van der Waals surface area contributed by atoms with E-state index in [-0.39, 0.29) is 17.3 Å². The topological polar surface area (TPSA) is 38.0 Å². The number of nitrogens with one attached hydrogen (secondary N) is 1. The molecule has 0 aliphatic heterocycles. The van der Waals surface area contributed by atoms with Gasteiger partial charge in [-0.2, -0.15) is 0 Å². The first-order valence-electron chi connectivity index (χ1n) is 6.67. The maximum absolute atomic E-state index is 13.5. The summed E-state index contributed by atoms with van der Waals surface area (Å²) in [4.78, 5) is 0. The molecule has 2 nitrogen and oxygen atoms in total. The van der Waals surface area contributed by atoms with Gasteiger partial charge in [-0.15, -0.1) is 0 Å². The van der Waals surface area contributed by atoms with Gasteiger partial charge in [-0.05, 0) is 54.4 Å². The Hall–Kier alpha value is -0.930. The summed E-state index contributed by atoms with van der Waals surface area (Å²) in [7, 11) is 0. The van der Waals surface area contributed by atoms with Crippen LogP contribution in [0.4, 0.5) is 4.39 Å². The molecule has 2 atom stereocenters. The highest BCUT2D eigenvalue weighted by Gasteiger charge is 2.39. The molecule has 0 saturated heterocycles. The van der Waals surface area contributed by atoms with E-state index in [1.54, 1.807) is 12.1 Å². The summed E-state index contributed by atoms with van der Waals surface area (Å²) in [5, 5.41) is 0. The van der Waals surface area contributed by atoms with E-state index in [1.165, 1.54) is 12.8 Å². The zero-order valence-electron chi connectivity index (χ0n) is 11.5. The number of rotatable bonds is 3. The number of nitrogens with two attached hydrogens (primary N) is 1. The van der Waals surface area contributed by atoms with Gasteiger partial charge in [0.2, 0.25) is 0 Å². The molecule has 1 aliphatic carbocycles. The number of hydrogen-bond acceptors (Lipinski definition) is 2. The fraction of sp³-hybridized carbons (Fsp3) is 0.600. The van der Waals surface area contributed by atoms with E-state index < -0.39 is 0 Å². The van der Waals surface area contributed by atoms with Crippen molar-refractivity contribution < 1.29 is 4.39 Å². The average Bonchev–Trinajstić information content (AvgIpc) is 2.59. The highest BCUT2D eigenvalue weighted by atomic mass is 19.1. The van der Waals surface area contributed by atoms with Crippen LogP contribution in [-0.4, -0.2) is 0 Å². The van der Waals surface area contributed by atoms with Gasteiger partial charge in [0.15, 0.2) is 0 Å². The van der Waals surface area contributed by atoms with Crippen molar-refractivity contribution in [2.75, 3.05) is 0 Å². The molecule has 2 rings (SSSR count). The Morgan fingerprint density at radius 2 is 2.11 bits per heavy atom. The first-order chi connectivity index (χ1) is 8.44. The Kier molecular flexibility index (Phi) is 3.74. The third-order valence-electron chi connectivity index (χ3n) is 4.35. The van der Waals surface area contributed by atoms with E-state index in [1.807, 2.05) is 13.0 Å². The van der Waals surface area contributed by atoms with Crippen LogP contribution in [0.15, 0.2) is 18.2 Å². The van der Waals surface area contributed by atoms with Gasteiger partial charge >= 0.3 is 0 Å². The van der Waals surface area contributed by atoms with Crippen LogP contribution in [0.5, 0.6) is 0 Å². The molecule has 0 aromatic heterocycles. The monoisotopic (exact) mass is 250 g/mol. The second-order valence-corrected chi connectivity index (χ2v) is 6.19. The lowest BCUT2D eigenvalue weighted by atomic mass is 9.75. The molecule has 0 amide bonds. The van der Waals surface area contributed by atoms with Crippen molar-refractivity contribution in [2.24, 2.45) is 17.2 Å². The predicted octanol–water partition coefficient (Wildman–Crippen LogP) is 3.46. The van der Waals surface area contributed by atoms with Crippen LogP contribution in [0.3, 0.4) is 0 Å². The Bertz CT molecular complexity index is 408. The van der Waals surface area contributed by atoms with Crippen molar-refractivity contribution in [1.82, 2.24) is 5.43 Å². The minimum Gasteiger partial charge on any atom is -0.271 e. The first kappa shape index (κ1) is 13.5. The molecule has 1 aromatic rings. The van der Waals surface area contributed by atoms with Crippen LogP contribution < -0.4 is 11.3 Å². The van der Waals surface area contributed by atoms with Crippen LogP contribution in [0.25, 0.3) is 0 Å². The minimum atomic E-state index is -0.180. The predicted molar refractivity (Wildman–Crippen MR) is 72.3 cm³/mol. The third kappa shape index (κ3) is 2.57. The molecule has 3 N–H and O–H groups in total. The van der Waals surface area contributed by atoms with E-state index in [0.29, 0.717) is 5.92 Å². The largest absolute Gasteiger partial charge is 0.271 e. The summed E-state index contributed by atoms with van der Waals surface area (Å²) >= 11 is 0. The quantitative estimate of drug-likeness (QED) is 0.637. The highest BCUT2D eigenvalue weighted by molar-refractivity contribution is 5.27. The van der Waals surface area contributed by atoms with Gasteiger partial charge < -0.3 is 0 Å². The van der Waals surface area contributed by atoms with Gasteiger partial charge in [0.1, 0.15) is 5.82 Å². The molecule has 100 valence electrons. The fourth-order valence-electron chi connectivity index (χ4n) is 3.36. The summed E-state index contributed by atoms with van der Waals surface area (Å²) in [5.41, 5.74) is 5.08. The second kappa shape index (κ2) is 4.98. The Balaban J connectivity index is 2.33. The van der Waals surface area contributed by atoms with E-state index in [4.69, 9.17) is 5.84 Å². The summed E-state index contributed by atoms with van der Waals surface area (Å²) in [6.07, 6.45) is 3.59. The Morgan fingerprint density at radius 3 is 2.61 bits per heavy atom. The molecule has 2 unspecified atom stereocenters.